The summed E-state index contributed by atoms with van der Waals surface area (Å²) in [4.78, 5) is 64.3. The quantitative estimate of drug-likeness (QED) is 0.227. The van der Waals surface area contributed by atoms with Gasteiger partial charge in [-0.2, -0.15) is 8.42 Å². The van der Waals surface area contributed by atoms with E-state index in [-0.39, 0.29) is 42.6 Å². The van der Waals surface area contributed by atoms with Crippen molar-refractivity contribution in [3.8, 4) is 0 Å². The molecule has 296 valence electrons. The number of carbonyl (C=O) groups excluding carboxylic acids is 4. The van der Waals surface area contributed by atoms with E-state index in [1.54, 1.807) is 4.90 Å². The van der Waals surface area contributed by atoms with Gasteiger partial charge in [0.05, 0.1) is 0 Å². The summed E-state index contributed by atoms with van der Waals surface area (Å²) in [5.74, 6) is -2.32. The van der Waals surface area contributed by atoms with Gasteiger partial charge in [0.2, 0.25) is 11.8 Å². The van der Waals surface area contributed by atoms with Gasteiger partial charge in [0.1, 0.15) is 28.9 Å². The van der Waals surface area contributed by atoms with Crippen LogP contribution in [0.3, 0.4) is 0 Å². The lowest BCUT2D eigenvalue weighted by Crippen LogP contribution is -2.58. The predicted octanol–water partition coefficient (Wildman–Crippen LogP) is 5.11. The van der Waals surface area contributed by atoms with Crippen molar-refractivity contribution in [2.24, 2.45) is 5.92 Å². The summed E-state index contributed by atoms with van der Waals surface area (Å²) in [5.41, 5.74) is 0.754. The molecule has 8 rings (SSSR count). The first kappa shape index (κ1) is 38.3. The van der Waals surface area contributed by atoms with Gasteiger partial charge in [0.15, 0.2) is 5.03 Å². The molecule has 3 aromatic rings. The number of halogens is 1. The average Bonchev–Trinajstić information content (AvgIpc) is 3.46. The molecule has 3 fully saturated rings. The smallest absolute Gasteiger partial charge is 0.408 e. The van der Waals surface area contributed by atoms with Crippen molar-refractivity contribution in [3.05, 3.63) is 83.0 Å². The molecule has 4 amide bonds. The number of fused-ring (bicyclic) bond motifs is 2. The van der Waals surface area contributed by atoms with Crippen LogP contribution in [0.25, 0.3) is 10.8 Å². The van der Waals surface area contributed by atoms with E-state index in [0.717, 1.165) is 55.0 Å². The summed E-state index contributed by atoms with van der Waals surface area (Å²) in [6.45, 7) is 1.47. The minimum Gasteiger partial charge on any atom is -0.446 e. The number of hydrogen-bond acceptors (Lipinski definition) is 9. The average molecular weight is 803 g/mol. The van der Waals surface area contributed by atoms with Crippen molar-refractivity contribution in [1.82, 2.24) is 30.1 Å². The number of carbonyl (C=O) groups is 4. The molecular weight excluding hydrogens is 756 g/mol. The molecule has 5 atom stereocenters. The number of amides is 4. The van der Waals surface area contributed by atoms with Crippen LogP contribution in [0.1, 0.15) is 81.8 Å². The molecule has 4 heterocycles. The molecule has 5 aliphatic rings. The Labute approximate surface area is 331 Å². The number of aromatic nitrogens is 1. The van der Waals surface area contributed by atoms with E-state index in [4.69, 9.17) is 16.3 Å². The highest BCUT2D eigenvalue weighted by Crippen LogP contribution is 2.46. The zero-order valence-electron chi connectivity index (χ0n) is 31.1. The highest BCUT2D eigenvalue weighted by atomic mass is 35.5. The third-order valence-electron chi connectivity index (χ3n) is 12.1. The molecule has 0 spiro atoms. The fourth-order valence-corrected chi connectivity index (χ4v) is 10.2. The molecule has 0 bridgehead atoms. The van der Waals surface area contributed by atoms with Gasteiger partial charge in [-0.15, -0.1) is 0 Å². The van der Waals surface area contributed by atoms with E-state index in [2.05, 4.69) is 49.5 Å². The molecule has 2 aliphatic carbocycles. The van der Waals surface area contributed by atoms with Gasteiger partial charge >= 0.3 is 6.09 Å². The van der Waals surface area contributed by atoms with Gasteiger partial charge in [0, 0.05) is 31.6 Å². The number of allylic oxidation sites excluding steroid dienone is 1. The number of hydrogen-bond donors (Lipinski definition) is 3. The molecule has 13 nitrogen and oxygen atoms in total. The highest BCUT2D eigenvalue weighted by Gasteiger charge is 2.62. The van der Waals surface area contributed by atoms with Gasteiger partial charge in [-0.05, 0) is 91.8 Å². The number of nitrogens with zero attached hydrogens (tertiary/aromatic N) is 3. The predicted molar refractivity (Wildman–Crippen MR) is 209 cm³/mol. The topological polar surface area (TPSA) is 167 Å². The minimum atomic E-state index is -4.44. The van der Waals surface area contributed by atoms with Crippen LogP contribution in [0.15, 0.2) is 71.8 Å². The number of ether oxygens (including phenoxy) is 1. The Morgan fingerprint density at radius 2 is 1.64 bits per heavy atom. The standard InChI is InChI=1S/C41H47ClN6O7S/c42-34-19-10-20-35(44-34)56(53,54)46-39(51)41-22-29(41)15-4-2-1-3-5-18-32(43-40(52)55-31-16-6-7-17-31)38(50)48-25-30(21-33(48)37(49)45-41)47-23-27-13-8-11-26-12-9-14-28(24-47)36(26)27/h4,8-15,19-20,29-33H,1-3,5-7,16-18,21-25H2,(H,43,52)(H,45,49)(H,46,51)/b15-4+/t29?,30-,32?,33?,41?/m1/s1. The monoisotopic (exact) mass is 802 g/mol. The molecule has 1 saturated heterocycles. The fraction of sp³-hybridized carbons (Fsp3) is 0.488. The lowest BCUT2D eigenvalue weighted by atomic mass is 9.94. The number of benzene rings is 2. The molecular formula is C41H47ClN6O7S. The lowest BCUT2D eigenvalue weighted by molar-refractivity contribution is -0.141. The zero-order valence-corrected chi connectivity index (χ0v) is 32.7. The molecule has 56 heavy (non-hydrogen) atoms. The van der Waals surface area contributed by atoms with Crippen LogP contribution < -0.4 is 15.4 Å². The Kier molecular flexibility index (Phi) is 10.8. The van der Waals surface area contributed by atoms with Crippen LogP contribution in [0, 0.1) is 5.92 Å². The third-order valence-corrected chi connectivity index (χ3v) is 13.5. The first-order chi connectivity index (χ1) is 27.0. The van der Waals surface area contributed by atoms with Gasteiger partial charge in [-0.3, -0.25) is 19.3 Å². The Balaban J connectivity index is 1.09. The van der Waals surface area contributed by atoms with E-state index in [1.165, 1.54) is 23.6 Å². The number of nitrogens with one attached hydrogen (secondary N) is 3. The van der Waals surface area contributed by atoms with Crippen LogP contribution in [0.4, 0.5) is 4.79 Å². The third kappa shape index (κ3) is 7.88. The van der Waals surface area contributed by atoms with Gasteiger partial charge in [0.25, 0.3) is 15.9 Å². The molecule has 4 unspecified atom stereocenters. The number of pyridine rings is 1. The highest BCUT2D eigenvalue weighted by molar-refractivity contribution is 7.90. The molecule has 3 N–H and O–H groups in total. The number of sulfonamides is 1. The van der Waals surface area contributed by atoms with Gasteiger partial charge in [-0.25, -0.2) is 14.5 Å². The molecule has 2 aromatic carbocycles. The van der Waals surface area contributed by atoms with Crippen LogP contribution in [0.2, 0.25) is 5.15 Å². The maximum absolute atomic E-state index is 14.7. The number of rotatable bonds is 6. The zero-order chi connectivity index (χ0) is 39.0. The summed E-state index contributed by atoms with van der Waals surface area (Å²) < 4.78 is 34.5. The van der Waals surface area contributed by atoms with Crippen LogP contribution >= 0.6 is 11.6 Å². The van der Waals surface area contributed by atoms with E-state index in [9.17, 15) is 27.6 Å². The minimum absolute atomic E-state index is 0.0538. The molecule has 15 heteroatoms. The Bertz CT molecular complexity index is 2140. The van der Waals surface area contributed by atoms with E-state index < -0.39 is 56.5 Å². The van der Waals surface area contributed by atoms with Crippen molar-refractivity contribution in [2.75, 3.05) is 6.54 Å². The maximum atomic E-state index is 14.7. The van der Waals surface area contributed by atoms with Crippen LogP contribution in [0.5, 0.6) is 0 Å². The van der Waals surface area contributed by atoms with Crippen molar-refractivity contribution >= 4 is 56.2 Å². The maximum Gasteiger partial charge on any atom is 0.408 e. The molecule has 3 aliphatic heterocycles. The summed E-state index contributed by atoms with van der Waals surface area (Å²) >= 11 is 5.96. The van der Waals surface area contributed by atoms with Crippen molar-refractivity contribution < 1.29 is 32.3 Å². The van der Waals surface area contributed by atoms with Crippen molar-refractivity contribution in [2.45, 2.75) is 119 Å². The second-order valence-corrected chi connectivity index (χ2v) is 17.8. The van der Waals surface area contributed by atoms with Crippen LogP contribution in [-0.2, 0) is 42.2 Å². The second kappa shape index (κ2) is 15.8. The fourth-order valence-electron chi connectivity index (χ4n) is 9.02. The first-order valence-corrected chi connectivity index (χ1v) is 21.6. The SMILES string of the molecule is O=C(NC1CCCCC/C=C/C2CC2(C(=O)NS(=O)(=O)c2cccc(Cl)n2)NC(=O)C2C[C@@H](N3Cc4cccc5cccc(c45)C3)CN2C1=O)OC1CCCC1. The summed E-state index contributed by atoms with van der Waals surface area (Å²) in [6.07, 6.45) is 10.3. The largest absolute Gasteiger partial charge is 0.446 e. The normalized spacial score (nSPS) is 28.0. The first-order valence-electron chi connectivity index (χ1n) is 19.7. The van der Waals surface area contributed by atoms with Crippen molar-refractivity contribution in [3.63, 3.8) is 0 Å². The Morgan fingerprint density at radius 3 is 2.38 bits per heavy atom. The Morgan fingerprint density at radius 1 is 0.929 bits per heavy atom. The summed E-state index contributed by atoms with van der Waals surface area (Å²) in [5, 5.41) is 7.71. The van der Waals surface area contributed by atoms with Gasteiger partial charge < -0.3 is 20.3 Å². The van der Waals surface area contributed by atoms with E-state index >= 15 is 0 Å². The van der Waals surface area contributed by atoms with E-state index in [1.807, 2.05) is 24.3 Å². The Hall–Kier alpha value is -4.53. The summed E-state index contributed by atoms with van der Waals surface area (Å²) in [7, 11) is -4.44. The summed E-state index contributed by atoms with van der Waals surface area (Å²) in [6, 6.07) is 14.4. The van der Waals surface area contributed by atoms with E-state index in [0.29, 0.717) is 32.4 Å². The number of alkyl carbamates (subject to hydrolysis) is 1. The molecule has 2 saturated carbocycles. The van der Waals surface area contributed by atoms with Crippen molar-refractivity contribution in [1.29, 1.82) is 0 Å². The van der Waals surface area contributed by atoms with Crippen LogP contribution in [-0.4, -0.2) is 83.3 Å². The van der Waals surface area contributed by atoms with Gasteiger partial charge in [-0.1, -0.05) is 79.1 Å². The molecule has 0 radical (unpaired) electrons. The lowest BCUT2D eigenvalue weighted by Gasteiger charge is -2.34. The molecule has 1 aromatic heterocycles. The second-order valence-electron chi connectivity index (χ2n) is 15.8.